The fourth-order valence-corrected chi connectivity index (χ4v) is 4.95. The Kier molecular flexibility index (Phi) is 4.36. The van der Waals surface area contributed by atoms with Gasteiger partial charge in [0.1, 0.15) is 5.75 Å². The van der Waals surface area contributed by atoms with Gasteiger partial charge in [0.2, 0.25) is 5.91 Å². The van der Waals surface area contributed by atoms with Crippen molar-refractivity contribution in [1.29, 1.82) is 0 Å². The zero-order chi connectivity index (χ0) is 16.6. The van der Waals surface area contributed by atoms with Crippen LogP contribution in [-0.4, -0.2) is 25.2 Å². The third-order valence-electron chi connectivity index (χ3n) is 5.31. The molecule has 0 spiro atoms. The molecule has 2 aliphatic carbocycles. The van der Waals surface area contributed by atoms with E-state index in [0.29, 0.717) is 18.3 Å². The van der Waals surface area contributed by atoms with E-state index in [0.717, 1.165) is 12.3 Å². The van der Waals surface area contributed by atoms with Crippen LogP contribution in [0.15, 0.2) is 23.1 Å². The van der Waals surface area contributed by atoms with Crippen LogP contribution in [0.1, 0.15) is 39.0 Å². The number of phenolic OH excluding ortho intramolecular Hbond substituents is 1. The number of carbonyl (C=O) groups is 1. The number of amides is 1. The molecule has 0 heterocycles. The number of phenols is 1. The lowest BCUT2D eigenvalue weighted by Crippen LogP contribution is -2.20. The second-order valence-corrected chi connectivity index (χ2v) is 9.05. The first kappa shape index (κ1) is 16.3. The van der Waals surface area contributed by atoms with Crippen molar-refractivity contribution in [3.05, 3.63) is 18.2 Å². The standard InChI is InChI=1S/C17H23NO4S/c1-2-23(21,22)14-5-6-16(19)15(10-14)18-17(20)9-13-8-11-3-4-12(13)7-11/h5-6,10-13,19H,2-4,7-9H2,1H3,(H,18,20)/t11-,12-,13+/m0/s1. The molecule has 1 aromatic carbocycles. The largest absolute Gasteiger partial charge is 0.506 e. The van der Waals surface area contributed by atoms with Crippen LogP contribution in [0.3, 0.4) is 0 Å². The van der Waals surface area contributed by atoms with Crippen LogP contribution in [-0.2, 0) is 14.6 Å². The van der Waals surface area contributed by atoms with Gasteiger partial charge in [0, 0.05) is 6.42 Å². The molecule has 2 saturated carbocycles. The Hall–Kier alpha value is -1.56. The Bertz CT molecular complexity index is 713. The number of aromatic hydroxyl groups is 1. The molecule has 0 unspecified atom stereocenters. The number of sulfone groups is 1. The fraction of sp³-hybridized carbons (Fsp3) is 0.588. The van der Waals surface area contributed by atoms with Crippen LogP contribution in [0.25, 0.3) is 0 Å². The number of fused-ring (bicyclic) bond motifs is 2. The lowest BCUT2D eigenvalue weighted by molar-refractivity contribution is -0.117. The van der Waals surface area contributed by atoms with E-state index in [4.69, 9.17) is 0 Å². The van der Waals surface area contributed by atoms with E-state index in [1.807, 2.05) is 0 Å². The molecular weight excluding hydrogens is 314 g/mol. The van der Waals surface area contributed by atoms with Gasteiger partial charge < -0.3 is 10.4 Å². The molecular formula is C17H23NO4S. The van der Waals surface area contributed by atoms with E-state index in [1.165, 1.54) is 37.5 Å². The molecule has 2 N–H and O–H groups in total. The zero-order valence-electron chi connectivity index (χ0n) is 13.3. The van der Waals surface area contributed by atoms with Gasteiger partial charge in [0.15, 0.2) is 9.84 Å². The number of hydrogen-bond acceptors (Lipinski definition) is 4. The van der Waals surface area contributed by atoms with E-state index >= 15 is 0 Å². The lowest BCUT2D eigenvalue weighted by atomic mass is 9.86. The first-order chi connectivity index (χ1) is 10.9. The van der Waals surface area contributed by atoms with Gasteiger partial charge in [-0.2, -0.15) is 0 Å². The van der Waals surface area contributed by atoms with E-state index in [9.17, 15) is 18.3 Å². The predicted molar refractivity (Wildman–Crippen MR) is 88.0 cm³/mol. The van der Waals surface area contributed by atoms with Crippen LogP contribution in [0, 0.1) is 17.8 Å². The average molecular weight is 337 g/mol. The smallest absolute Gasteiger partial charge is 0.224 e. The molecule has 6 heteroatoms. The molecule has 0 aromatic heterocycles. The maximum absolute atomic E-state index is 12.3. The number of carbonyl (C=O) groups excluding carboxylic acids is 1. The van der Waals surface area contributed by atoms with Gasteiger partial charge in [-0.25, -0.2) is 8.42 Å². The summed E-state index contributed by atoms with van der Waals surface area (Å²) in [4.78, 5) is 12.4. The molecule has 3 rings (SSSR count). The van der Waals surface area contributed by atoms with Gasteiger partial charge in [0.05, 0.1) is 16.3 Å². The van der Waals surface area contributed by atoms with E-state index < -0.39 is 9.84 Å². The molecule has 1 amide bonds. The van der Waals surface area contributed by atoms with Crippen molar-refractivity contribution in [3.63, 3.8) is 0 Å². The number of rotatable bonds is 5. The summed E-state index contributed by atoms with van der Waals surface area (Å²) in [6.07, 6.45) is 5.33. The summed E-state index contributed by atoms with van der Waals surface area (Å²) in [6.45, 7) is 1.57. The summed E-state index contributed by atoms with van der Waals surface area (Å²) >= 11 is 0. The first-order valence-corrected chi connectivity index (χ1v) is 9.90. The highest BCUT2D eigenvalue weighted by atomic mass is 32.2. The minimum atomic E-state index is -3.36. The van der Waals surface area contributed by atoms with Crippen molar-refractivity contribution < 1.29 is 18.3 Å². The lowest BCUT2D eigenvalue weighted by Gasteiger charge is -2.21. The predicted octanol–water partition coefficient (Wildman–Crippen LogP) is 2.95. The number of nitrogens with one attached hydrogen (secondary N) is 1. The molecule has 0 radical (unpaired) electrons. The van der Waals surface area contributed by atoms with Crippen molar-refractivity contribution in [2.24, 2.45) is 17.8 Å². The van der Waals surface area contributed by atoms with Crippen molar-refractivity contribution >= 4 is 21.4 Å². The Morgan fingerprint density at radius 1 is 1.30 bits per heavy atom. The van der Waals surface area contributed by atoms with Gasteiger partial charge in [0.25, 0.3) is 0 Å². The minimum absolute atomic E-state index is 0.0176. The number of hydrogen-bond donors (Lipinski definition) is 2. The van der Waals surface area contributed by atoms with Crippen molar-refractivity contribution in [3.8, 4) is 5.75 Å². The molecule has 3 atom stereocenters. The van der Waals surface area contributed by atoms with Crippen LogP contribution in [0.5, 0.6) is 5.75 Å². The van der Waals surface area contributed by atoms with Crippen LogP contribution in [0.2, 0.25) is 0 Å². The van der Waals surface area contributed by atoms with Crippen LogP contribution in [0.4, 0.5) is 5.69 Å². The van der Waals surface area contributed by atoms with Gasteiger partial charge in [-0.3, -0.25) is 4.79 Å². The summed E-state index contributed by atoms with van der Waals surface area (Å²) in [7, 11) is -3.36. The highest BCUT2D eigenvalue weighted by molar-refractivity contribution is 7.91. The molecule has 23 heavy (non-hydrogen) atoms. The summed E-state index contributed by atoms with van der Waals surface area (Å²) in [5, 5.41) is 12.6. The molecule has 1 aromatic rings. The Balaban J connectivity index is 1.69. The molecule has 5 nitrogen and oxygen atoms in total. The topological polar surface area (TPSA) is 83.5 Å². The van der Waals surface area contributed by atoms with Crippen molar-refractivity contribution in [2.75, 3.05) is 11.1 Å². The molecule has 2 fully saturated rings. The van der Waals surface area contributed by atoms with E-state index in [2.05, 4.69) is 5.32 Å². The quantitative estimate of drug-likeness (QED) is 0.809. The van der Waals surface area contributed by atoms with Gasteiger partial charge in [-0.15, -0.1) is 0 Å². The fourth-order valence-electron chi connectivity index (χ4n) is 4.04. The third kappa shape index (κ3) is 3.37. The van der Waals surface area contributed by atoms with Gasteiger partial charge in [-0.1, -0.05) is 13.3 Å². The molecule has 2 bridgehead atoms. The summed E-state index contributed by atoms with van der Waals surface area (Å²) in [5.74, 6) is 1.59. The Morgan fingerprint density at radius 3 is 2.70 bits per heavy atom. The number of anilines is 1. The molecule has 2 aliphatic rings. The van der Waals surface area contributed by atoms with Crippen LogP contribution < -0.4 is 5.32 Å². The minimum Gasteiger partial charge on any atom is -0.506 e. The second kappa shape index (κ2) is 6.15. The normalized spacial score (nSPS) is 26.4. The highest BCUT2D eigenvalue weighted by Crippen LogP contribution is 2.49. The maximum atomic E-state index is 12.3. The van der Waals surface area contributed by atoms with Crippen LogP contribution >= 0.6 is 0 Å². The second-order valence-electron chi connectivity index (χ2n) is 6.77. The summed E-state index contributed by atoms with van der Waals surface area (Å²) in [5.41, 5.74) is 0.174. The van der Waals surface area contributed by atoms with Crippen molar-refractivity contribution in [1.82, 2.24) is 0 Å². The molecule has 0 saturated heterocycles. The van der Waals surface area contributed by atoms with Crippen molar-refractivity contribution in [2.45, 2.75) is 43.9 Å². The molecule has 126 valence electrons. The average Bonchev–Trinajstić information content (AvgIpc) is 3.12. The maximum Gasteiger partial charge on any atom is 0.224 e. The third-order valence-corrected chi connectivity index (χ3v) is 7.05. The van der Waals surface area contributed by atoms with Gasteiger partial charge >= 0.3 is 0 Å². The first-order valence-electron chi connectivity index (χ1n) is 8.24. The summed E-state index contributed by atoms with van der Waals surface area (Å²) < 4.78 is 23.8. The van der Waals surface area contributed by atoms with E-state index in [1.54, 1.807) is 6.92 Å². The highest BCUT2D eigenvalue weighted by Gasteiger charge is 2.40. The SMILES string of the molecule is CCS(=O)(=O)c1ccc(O)c(NC(=O)C[C@H]2C[C@H]3CC[C@H]2C3)c1. The molecule has 0 aliphatic heterocycles. The van der Waals surface area contributed by atoms with E-state index in [-0.39, 0.29) is 28.0 Å². The monoisotopic (exact) mass is 337 g/mol. The zero-order valence-corrected chi connectivity index (χ0v) is 14.1. The Morgan fingerprint density at radius 2 is 2.09 bits per heavy atom. The summed E-state index contributed by atoms with van der Waals surface area (Å²) in [6, 6.07) is 4.02. The number of benzene rings is 1. The Labute approximate surface area is 137 Å². The van der Waals surface area contributed by atoms with Gasteiger partial charge in [-0.05, 0) is 55.2 Å².